The number of rotatable bonds is 3. The van der Waals surface area contributed by atoms with Gasteiger partial charge in [0.1, 0.15) is 9.39 Å². The fraction of sp³-hybridized carbons (Fsp3) is 0.714. The van der Waals surface area contributed by atoms with Gasteiger partial charge in [0.05, 0.1) is 6.33 Å². The number of hydrogen-bond donors (Lipinski definition) is 2. The number of nitrogens with zero attached hydrogens (tertiary/aromatic N) is 2. The van der Waals surface area contributed by atoms with Gasteiger partial charge in [-0.2, -0.15) is 0 Å². The SMILES string of the molecule is CC(C)(C)NCC1CCCN(c2nc[nH]c(=O)c2I)C1. The minimum absolute atomic E-state index is 0.0504. The van der Waals surface area contributed by atoms with E-state index in [4.69, 9.17) is 0 Å². The largest absolute Gasteiger partial charge is 0.355 e. The summed E-state index contributed by atoms with van der Waals surface area (Å²) in [5.41, 5.74) is 0.101. The van der Waals surface area contributed by atoms with Crippen LogP contribution in [0.2, 0.25) is 0 Å². The number of halogens is 1. The van der Waals surface area contributed by atoms with Crippen molar-refractivity contribution >= 4 is 28.4 Å². The maximum Gasteiger partial charge on any atom is 0.266 e. The first-order valence-corrected chi connectivity index (χ1v) is 8.18. The maximum atomic E-state index is 11.7. The van der Waals surface area contributed by atoms with Gasteiger partial charge in [-0.3, -0.25) is 4.79 Å². The molecule has 1 aromatic heterocycles. The van der Waals surface area contributed by atoms with Crippen LogP contribution in [0.3, 0.4) is 0 Å². The molecule has 1 saturated heterocycles. The highest BCUT2D eigenvalue weighted by atomic mass is 127. The van der Waals surface area contributed by atoms with Gasteiger partial charge < -0.3 is 15.2 Å². The topological polar surface area (TPSA) is 61.0 Å². The summed E-state index contributed by atoms with van der Waals surface area (Å²) in [6, 6.07) is 0. The standard InChI is InChI=1S/C14H23IN4O/c1-14(2,3)18-7-10-5-4-6-19(8-10)12-11(15)13(20)17-9-16-12/h9-10,18H,4-8H2,1-3H3,(H,16,17,20). The van der Waals surface area contributed by atoms with E-state index in [9.17, 15) is 4.79 Å². The monoisotopic (exact) mass is 390 g/mol. The molecule has 2 N–H and O–H groups in total. The van der Waals surface area contributed by atoms with E-state index in [1.54, 1.807) is 0 Å². The minimum Gasteiger partial charge on any atom is -0.355 e. The molecule has 0 aliphatic carbocycles. The molecule has 1 aliphatic rings. The molecule has 2 rings (SSSR count). The van der Waals surface area contributed by atoms with Crippen LogP contribution in [0, 0.1) is 9.49 Å². The van der Waals surface area contributed by atoms with Crippen molar-refractivity contribution in [3.05, 3.63) is 20.3 Å². The first kappa shape index (κ1) is 15.8. The lowest BCUT2D eigenvalue weighted by Gasteiger charge is -2.35. The quantitative estimate of drug-likeness (QED) is 0.775. The van der Waals surface area contributed by atoms with Gasteiger partial charge >= 0.3 is 0 Å². The Hall–Kier alpha value is -0.630. The third kappa shape index (κ3) is 4.18. The molecule has 1 aromatic rings. The van der Waals surface area contributed by atoms with Crippen molar-refractivity contribution in [2.45, 2.75) is 39.2 Å². The number of anilines is 1. The normalized spacial score (nSPS) is 20.2. The maximum absolute atomic E-state index is 11.7. The van der Waals surface area contributed by atoms with Crippen molar-refractivity contribution in [1.29, 1.82) is 0 Å². The van der Waals surface area contributed by atoms with E-state index >= 15 is 0 Å². The van der Waals surface area contributed by atoms with Crippen LogP contribution < -0.4 is 15.8 Å². The van der Waals surface area contributed by atoms with E-state index in [1.807, 2.05) is 0 Å². The molecule has 0 saturated carbocycles. The van der Waals surface area contributed by atoms with Gasteiger partial charge in [-0.25, -0.2) is 4.98 Å². The first-order chi connectivity index (χ1) is 9.37. The molecule has 0 radical (unpaired) electrons. The van der Waals surface area contributed by atoms with E-state index in [0.717, 1.165) is 31.9 Å². The Morgan fingerprint density at radius 2 is 2.30 bits per heavy atom. The van der Waals surface area contributed by atoms with Crippen LogP contribution in [0.4, 0.5) is 5.82 Å². The van der Waals surface area contributed by atoms with Crippen LogP contribution in [-0.2, 0) is 0 Å². The van der Waals surface area contributed by atoms with Gasteiger partial charge in [0.25, 0.3) is 5.56 Å². The second-order valence-electron chi connectivity index (χ2n) is 6.45. The summed E-state index contributed by atoms with van der Waals surface area (Å²) < 4.78 is 0.689. The lowest BCUT2D eigenvalue weighted by atomic mass is 9.96. The molecule has 1 unspecified atom stereocenters. The summed E-state index contributed by atoms with van der Waals surface area (Å²) in [6.07, 6.45) is 3.89. The van der Waals surface area contributed by atoms with Crippen LogP contribution in [0.1, 0.15) is 33.6 Å². The molecular formula is C14H23IN4O. The van der Waals surface area contributed by atoms with E-state index in [2.05, 4.69) is 63.5 Å². The summed E-state index contributed by atoms with van der Waals surface area (Å²) in [5, 5.41) is 3.57. The highest BCUT2D eigenvalue weighted by Gasteiger charge is 2.24. The van der Waals surface area contributed by atoms with Gasteiger partial charge in [0.15, 0.2) is 0 Å². The predicted molar refractivity (Wildman–Crippen MR) is 90.3 cm³/mol. The summed E-state index contributed by atoms with van der Waals surface area (Å²) in [5.74, 6) is 1.44. The summed E-state index contributed by atoms with van der Waals surface area (Å²) in [4.78, 5) is 20.9. The average Bonchev–Trinajstić information content (AvgIpc) is 2.39. The summed E-state index contributed by atoms with van der Waals surface area (Å²) >= 11 is 2.09. The molecule has 112 valence electrons. The number of aromatic nitrogens is 2. The van der Waals surface area contributed by atoms with Crippen molar-refractivity contribution in [2.75, 3.05) is 24.5 Å². The Bertz CT molecular complexity index is 509. The summed E-state index contributed by atoms with van der Waals surface area (Å²) in [6.45, 7) is 9.53. The molecule has 2 heterocycles. The van der Waals surface area contributed by atoms with Crippen LogP contribution in [0.25, 0.3) is 0 Å². The van der Waals surface area contributed by atoms with Gasteiger partial charge in [0, 0.05) is 25.2 Å². The number of hydrogen-bond acceptors (Lipinski definition) is 4. The highest BCUT2D eigenvalue weighted by molar-refractivity contribution is 14.1. The Labute approximate surface area is 133 Å². The molecule has 0 aromatic carbocycles. The minimum atomic E-state index is -0.0504. The van der Waals surface area contributed by atoms with Crippen LogP contribution in [0.5, 0.6) is 0 Å². The first-order valence-electron chi connectivity index (χ1n) is 7.10. The third-order valence-corrected chi connectivity index (χ3v) is 4.49. The molecule has 1 atom stereocenters. The average molecular weight is 390 g/mol. The second kappa shape index (κ2) is 6.43. The molecule has 0 amide bonds. The fourth-order valence-corrected chi connectivity index (χ4v) is 3.10. The number of piperidine rings is 1. The van der Waals surface area contributed by atoms with Crippen molar-refractivity contribution in [3.8, 4) is 0 Å². The smallest absolute Gasteiger partial charge is 0.266 e. The zero-order valence-corrected chi connectivity index (χ0v) is 14.5. The molecule has 0 spiro atoms. The van der Waals surface area contributed by atoms with E-state index < -0.39 is 0 Å². The van der Waals surface area contributed by atoms with Crippen molar-refractivity contribution in [2.24, 2.45) is 5.92 Å². The molecule has 6 heteroatoms. The van der Waals surface area contributed by atoms with Gasteiger partial charge in [-0.15, -0.1) is 0 Å². The summed E-state index contributed by atoms with van der Waals surface area (Å²) in [7, 11) is 0. The highest BCUT2D eigenvalue weighted by Crippen LogP contribution is 2.23. The lowest BCUT2D eigenvalue weighted by Crippen LogP contribution is -2.45. The van der Waals surface area contributed by atoms with E-state index in [1.165, 1.54) is 12.7 Å². The van der Waals surface area contributed by atoms with Crippen LogP contribution in [-0.4, -0.2) is 35.1 Å². The fourth-order valence-electron chi connectivity index (χ4n) is 2.47. The number of aromatic amines is 1. The number of H-pyrrole nitrogens is 1. The number of nitrogens with one attached hydrogen (secondary N) is 2. The molecule has 1 aliphatic heterocycles. The van der Waals surface area contributed by atoms with Gasteiger partial charge in [-0.1, -0.05) is 0 Å². The Morgan fingerprint density at radius 1 is 1.55 bits per heavy atom. The zero-order valence-electron chi connectivity index (χ0n) is 12.4. The van der Waals surface area contributed by atoms with Crippen molar-refractivity contribution in [3.63, 3.8) is 0 Å². The van der Waals surface area contributed by atoms with Crippen LogP contribution >= 0.6 is 22.6 Å². The third-order valence-electron chi connectivity index (χ3n) is 3.52. The zero-order chi connectivity index (χ0) is 14.8. The molecule has 1 fully saturated rings. The Balaban J connectivity index is 2.03. The Kier molecular flexibility index (Phi) is 5.06. The lowest BCUT2D eigenvalue weighted by molar-refractivity contribution is 0.334. The second-order valence-corrected chi connectivity index (χ2v) is 7.53. The molecular weight excluding hydrogens is 367 g/mol. The molecule has 0 bridgehead atoms. The van der Waals surface area contributed by atoms with E-state index in [-0.39, 0.29) is 11.1 Å². The van der Waals surface area contributed by atoms with E-state index in [0.29, 0.717) is 9.49 Å². The van der Waals surface area contributed by atoms with Crippen molar-refractivity contribution < 1.29 is 0 Å². The molecule has 20 heavy (non-hydrogen) atoms. The Morgan fingerprint density at radius 3 is 3.00 bits per heavy atom. The van der Waals surface area contributed by atoms with Crippen molar-refractivity contribution in [1.82, 2.24) is 15.3 Å². The predicted octanol–water partition coefficient (Wildman–Crippen LogP) is 1.98. The molecule has 5 nitrogen and oxygen atoms in total. The van der Waals surface area contributed by atoms with Gasteiger partial charge in [-0.05, 0) is 62.1 Å². The van der Waals surface area contributed by atoms with Crippen LogP contribution in [0.15, 0.2) is 11.1 Å². The van der Waals surface area contributed by atoms with Gasteiger partial charge in [0.2, 0.25) is 0 Å².